The SMILES string of the molecule is CCCCCc1ccc(C(=O)OOOC(=O)OCCCCCOC(=O)OOOC(=O)c2ccc(CCCCC)cc2)cc1. The van der Waals surface area contributed by atoms with Gasteiger partial charge in [-0.25, -0.2) is 29.0 Å². The van der Waals surface area contributed by atoms with E-state index in [2.05, 4.69) is 43.5 Å². The molecule has 0 N–H and O–H groups in total. The molecule has 0 bridgehead atoms. The van der Waals surface area contributed by atoms with Gasteiger partial charge in [-0.3, -0.25) is 9.78 Å². The van der Waals surface area contributed by atoms with E-state index >= 15 is 0 Å². The lowest BCUT2D eigenvalue weighted by atomic mass is 10.1. The zero-order valence-electron chi connectivity index (χ0n) is 24.7. The average molecular weight is 605 g/mol. The van der Waals surface area contributed by atoms with Crippen LogP contribution in [0.25, 0.3) is 0 Å². The molecule has 2 aromatic rings. The second-order valence-electron chi connectivity index (χ2n) is 9.61. The van der Waals surface area contributed by atoms with Crippen molar-refractivity contribution in [2.24, 2.45) is 0 Å². The third kappa shape index (κ3) is 15.6. The van der Waals surface area contributed by atoms with E-state index in [9.17, 15) is 19.2 Å². The van der Waals surface area contributed by atoms with Crippen molar-refractivity contribution in [1.29, 1.82) is 0 Å². The minimum absolute atomic E-state index is 0.0150. The van der Waals surface area contributed by atoms with Crippen LogP contribution in [-0.2, 0) is 51.9 Å². The molecule has 0 heterocycles. The van der Waals surface area contributed by atoms with E-state index in [0.717, 1.165) is 62.5 Å². The molecule has 0 aromatic heterocycles. The fraction of sp³-hybridized carbons (Fsp3) is 0.484. The molecule has 0 amide bonds. The second-order valence-corrected chi connectivity index (χ2v) is 9.61. The van der Waals surface area contributed by atoms with E-state index in [4.69, 9.17) is 9.47 Å². The molecule has 0 aliphatic heterocycles. The van der Waals surface area contributed by atoms with Crippen molar-refractivity contribution in [3.05, 3.63) is 70.8 Å². The first-order valence-corrected chi connectivity index (χ1v) is 14.5. The summed E-state index contributed by atoms with van der Waals surface area (Å²) in [6.45, 7) is 4.24. The monoisotopic (exact) mass is 604 g/mol. The van der Waals surface area contributed by atoms with Crippen molar-refractivity contribution < 1.29 is 58.3 Å². The van der Waals surface area contributed by atoms with Crippen molar-refractivity contribution in [2.75, 3.05) is 13.2 Å². The summed E-state index contributed by atoms with van der Waals surface area (Å²) < 4.78 is 9.56. The molecule has 0 spiro atoms. The van der Waals surface area contributed by atoms with Crippen LogP contribution < -0.4 is 0 Å². The zero-order chi connectivity index (χ0) is 31.1. The number of carbonyl (C=O) groups excluding carboxylic acids is 4. The molecule has 0 aliphatic rings. The topological polar surface area (TPSA) is 142 Å². The summed E-state index contributed by atoms with van der Waals surface area (Å²) in [5.41, 5.74) is 2.71. The zero-order valence-corrected chi connectivity index (χ0v) is 24.7. The van der Waals surface area contributed by atoms with Crippen molar-refractivity contribution in [3.8, 4) is 0 Å². The van der Waals surface area contributed by atoms with Crippen molar-refractivity contribution in [1.82, 2.24) is 0 Å². The van der Waals surface area contributed by atoms with Crippen LogP contribution in [-0.4, -0.2) is 37.5 Å². The maximum atomic E-state index is 11.9. The van der Waals surface area contributed by atoms with Gasteiger partial charge in [0.25, 0.3) is 0 Å². The molecule has 0 radical (unpaired) electrons. The maximum Gasteiger partial charge on any atom is 0.543 e. The number of ether oxygens (including phenoxy) is 2. The molecule has 0 atom stereocenters. The number of benzene rings is 2. The number of aryl methyl sites for hydroxylation is 2. The minimum Gasteiger partial charge on any atom is -0.432 e. The standard InChI is InChI=1S/C31H40O12/c1-3-5-8-12-24-14-18-26(19-15-24)28(32)38-42-40-30(34)36-22-10-7-11-23-37-31(35)41-43-39-29(33)27-20-16-25(17-21-27)13-9-6-4-2/h14-21H,3-13,22-23H2,1-2H3. The highest BCUT2D eigenvalue weighted by molar-refractivity contribution is 5.89. The first-order chi connectivity index (χ1) is 20.9. The predicted octanol–water partition coefficient (Wildman–Crippen LogP) is 7.34. The third-order valence-corrected chi connectivity index (χ3v) is 6.17. The Morgan fingerprint density at radius 3 is 1.26 bits per heavy atom. The van der Waals surface area contributed by atoms with Crippen LogP contribution in [0.3, 0.4) is 0 Å². The van der Waals surface area contributed by atoms with Crippen molar-refractivity contribution >= 4 is 24.2 Å². The molecule has 0 aliphatic carbocycles. The molecule has 43 heavy (non-hydrogen) atoms. The van der Waals surface area contributed by atoms with E-state index in [1.165, 1.54) is 0 Å². The van der Waals surface area contributed by atoms with Gasteiger partial charge in [-0.15, -0.1) is 0 Å². The number of rotatable bonds is 20. The van der Waals surface area contributed by atoms with Gasteiger partial charge < -0.3 is 9.47 Å². The molecule has 2 rings (SSSR count). The minimum atomic E-state index is -1.19. The molecule has 236 valence electrons. The third-order valence-electron chi connectivity index (χ3n) is 6.17. The molecular weight excluding hydrogens is 564 g/mol. The van der Waals surface area contributed by atoms with Gasteiger partial charge in [0.1, 0.15) is 0 Å². The van der Waals surface area contributed by atoms with Gasteiger partial charge in [0.05, 0.1) is 34.4 Å². The fourth-order valence-corrected chi connectivity index (χ4v) is 3.76. The van der Waals surface area contributed by atoms with Gasteiger partial charge in [-0.1, -0.05) is 63.8 Å². The highest BCUT2D eigenvalue weighted by Gasteiger charge is 2.14. The van der Waals surface area contributed by atoms with Gasteiger partial charge >= 0.3 is 24.2 Å². The van der Waals surface area contributed by atoms with E-state index in [0.29, 0.717) is 19.3 Å². The fourth-order valence-electron chi connectivity index (χ4n) is 3.76. The highest BCUT2D eigenvalue weighted by Crippen LogP contribution is 2.12. The summed E-state index contributed by atoms with van der Waals surface area (Å²) in [5, 5.41) is 8.40. The molecule has 0 fully saturated rings. The van der Waals surface area contributed by atoms with E-state index < -0.39 is 24.2 Å². The number of unbranched alkanes of at least 4 members (excludes halogenated alkanes) is 6. The first kappa shape index (κ1) is 35.0. The molecule has 0 unspecified atom stereocenters. The first-order valence-electron chi connectivity index (χ1n) is 14.5. The summed E-state index contributed by atoms with van der Waals surface area (Å²) in [7, 11) is 0. The average Bonchev–Trinajstić information content (AvgIpc) is 3.01. The Morgan fingerprint density at radius 1 is 0.488 bits per heavy atom. The maximum absolute atomic E-state index is 11.9. The lowest BCUT2D eigenvalue weighted by Gasteiger charge is -2.06. The number of carbonyl (C=O) groups is 4. The van der Waals surface area contributed by atoms with Crippen LogP contribution >= 0.6 is 0 Å². The van der Waals surface area contributed by atoms with Gasteiger partial charge in [0.15, 0.2) is 0 Å². The van der Waals surface area contributed by atoms with Crippen LogP contribution in [0.5, 0.6) is 0 Å². The smallest absolute Gasteiger partial charge is 0.432 e. The highest BCUT2D eigenvalue weighted by atomic mass is 17.5. The quantitative estimate of drug-likeness (QED) is 0.0646. The number of hydrogen-bond acceptors (Lipinski definition) is 12. The molecule has 0 saturated carbocycles. The van der Waals surface area contributed by atoms with E-state index in [1.807, 2.05) is 24.3 Å². The lowest BCUT2D eigenvalue weighted by molar-refractivity contribution is -0.452. The van der Waals surface area contributed by atoms with Gasteiger partial charge in [-0.2, -0.15) is 0 Å². The summed E-state index contributed by atoms with van der Waals surface area (Å²) in [4.78, 5) is 64.3. The van der Waals surface area contributed by atoms with Crippen LogP contribution in [0.15, 0.2) is 48.5 Å². The summed E-state index contributed by atoms with van der Waals surface area (Å²) >= 11 is 0. The second kappa shape index (κ2) is 21.5. The van der Waals surface area contributed by atoms with Crippen LogP contribution in [0, 0.1) is 0 Å². The molecule has 12 nitrogen and oxygen atoms in total. The Labute approximate surface area is 251 Å². The van der Waals surface area contributed by atoms with Crippen LogP contribution in [0.4, 0.5) is 9.59 Å². The largest absolute Gasteiger partial charge is 0.543 e. The summed E-state index contributed by atoms with van der Waals surface area (Å²) in [6, 6.07) is 13.7. The molecular formula is C31H40O12. The Kier molecular flexibility index (Phi) is 17.5. The van der Waals surface area contributed by atoms with E-state index in [-0.39, 0.29) is 24.3 Å². The Morgan fingerprint density at radius 2 is 0.884 bits per heavy atom. The van der Waals surface area contributed by atoms with Gasteiger partial charge in [-0.05, 0) is 80.3 Å². The van der Waals surface area contributed by atoms with E-state index in [1.54, 1.807) is 24.3 Å². The summed E-state index contributed by atoms with van der Waals surface area (Å²) in [5.74, 6) is -1.64. The van der Waals surface area contributed by atoms with Crippen LogP contribution in [0.2, 0.25) is 0 Å². The van der Waals surface area contributed by atoms with Gasteiger partial charge in [0.2, 0.25) is 0 Å². The normalized spacial score (nSPS) is 10.5. The Bertz CT molecular complexity index is 1010. The molecule has 2 aromatic carbocycles. The lowest BCUT2D eigenvalue weighted by Crippen LogP contribution is -2.13. The summed E-state index contributed by atoms with van der Waals surface area (Å²) in [6.07, 6.45) is 7.54. The number of hydrogen-bond donors (Lipinski definition) is 0. The molecule has 0 saturated heterocycles. The van der Waals surface area contributed by atoms with Crippen molar-refractivity contribution in [3.63, 3.8) is 0 Å². The Hall–Kier alpha value is -4.16. The Balaban J connectivity index is 1.44. The predicted molar refractivity (Wildman–Crippen MR) is 151 cm³/mol. The molecule has 12 heteroatoms. The van der Waals surface area contributed by atoms with Crippen LogP contribution in [0.1, 0.15) is 103 Å². The van der Waals surface area contributed by atoms with Gasteiger partial charge in [0, 0.05) is 0 Å². The van der Waals surface area contributed by atoms with Crippen molar-refractivity contribution in [2.45, 2.75) is 84.5 Å².